The number of thiophene rings is 1. The molecule has 106 valence electrons. The van der Waals surface area contributed by atoms with Crippen molar-refractivity contribution in [3.63, 3.8) is 0 Å². The van der Waals surface area contributed by atoms with Gasteiger partial charge in [-0.1, -0.05) is 0 Å². The van der Waals surface area contributed by atoms with Gasteiger partial charge in [-0.05, 0) is 35.2 Å². The van der Waals surface area contributed by atoms with Crippen molar-refractivity contribution >= 4 is 34.6 Å². The van der Waals surface area contributed by atoms with E-state index in [1.165, 1.54) is 22.0 Å². The van der Waals surface area contributed by atoms with Crippen LogP contribution in [0.3, 0.4) is 0 Å². The Labute approximate surface area is 122 Å². The number of carboxylic acids is 1. The van der Waals surface area contributed by atoms with E-state index in [-0.39, 0.29) is 0 Å². The number of carbonyl (C=O) groups is 1. The zero-order chi connectivity index (χ0) is 14.8. The van der Waals surface area contributed by atoms with E-state index in [9.17, 15) is 9.59 Å². The van der Waals surface area contributed by atoms with Gasteiger partial charge in [-0.15, -0.1) is 11.3 Å². The maximum Gasteiger partial charge on any atom is 0.421 e. The molecule has 0 bridgehead atoms. The van der Waals surface area contributed by atoms with Gasteiger partial charge in [-0.25, -0.2) is 14.6 Å². The third-order valence-corrected chi connectivity index (χ3v) is 3.77. The van der Waals surface area contributed by atoms with E-state index < -0.39 is 11.7 Å². The lowest BCUT2D eigenvalue weighted by atomic mass is 10.3. The maximum atomic E-state index is 11.8. The summed E-state index contributed by atoms with van der Waals surface area (Å²) in [5.41, 5.74) is 1.73. The molecule has 0 saturated heterocycles. The highest BCUT2D eigenvalue weighted by molar-refractivity contribution is 7.10. The van der Waals surface area contributed by atoms with Crippen LogP contribution in [0.15, 0.2) is 45.1 Å². The molecule has 0 unspecified atom stereocenters. The number of aromatic nitrogens is 2. The Morgan fingerprint density at radius 1 is 1.52 bits per heavy atom. The van der Waals surface area contributed by atoms with Crippen molar-refractivity contribution in [3.05, 3.63) is 56.8 Å². The van der Waals surface area contributed by atoms with Gasteiger partial charge in [0, 0.05) is 17.2 Å². The monoisotopic (exact) mass is 302 g/mol. The molecule has 0 aliphatic rings. The van der Waals surface area contributed by atoms with Gasteiger partial charge < -0.3 is 9.52 Å². The lowest BCUT2D eigenvalue weighted by molar-refractivity contribution is -0.131. The van der Waals surface area contributed by atoms with E-state index in [4.69, 9.17) is 9.52 Å². The Morgan fingerprint density at radius 2 is 2.38 bits per heavy atom. The first-order valence-corrected chi connectivity index (χ1v) is 6.94. The zero-order valence-electron chi connectivity index (χ0n) is 10.7. The summed E-state index contributed by atoms with van der Waals surface area (Å²) in [6.45, 7) is 0.342. The average molecular weight is 302 g/mol. The number of hydrogen-bond acceptors (Lipinski definition) is 5. The Balaban J connectivity index is 1.91. The highest BCUT2D eigenvalue weighted by Gasteiger charge is 2.11. The van der Waals surface area contributed by atoms with Crippen LogP contribution in [-0.4, -0.2) is 20.6 Å². The molecule has 0 aromatic carbocycles. The molecule has 0 aliphatic heterocycles. The van der Waals surface area contributed by atoms with Gasteiger partial charge >= 0.3 is 11.7 Å². The number of oxazole rings is 1. The van der Waals surface area contributed by atoms with Crippen LogP contribution in [0.4, 0.5) is 0 Å². The summed E-state index contributed by atoms with van der Waals surface area (Å²) in [7, 11) is 0. The highest BCUT2D eigenvalue weighted by Crippen LogP contribution is 2.18. The Morgan fingerprint density at radius 3 is 3.19 bits per heavy atom. The van der Waals surface area contributed by atoms with E-state index >= 15 is 0 Å². The first-order chi connectivity index (χ1) is 10.1. The number of carboxylic acid groups (broad SMARTS) is 1. The summed E-state index contributed by atoms with van der Waals surface area (Å²) in [6.07, 6.45) is 4.19. The lowest BCUT2D eigenvalue weighted by Crippen LogP contribution is -2.14. The van der Waals surface area contributed by atoms with Crippen molar-refractivity contribution in [1.29, 1.82) is 0 Å². The number of rotatable bonds is 4. The summed E-state index contributed by atoms with van der Waals surface area (Å²) in [5.74, 6) is -1.45. The van der Waals surface area contributed by atoms with Crippen LogP contribution in [0.2, 0.25) is 0 Å². The Kier molecular flexibility index (Phi) is 3.41. The van der Waals surface area contributed by atoms with Crippen LogP contribution in [-0.2, 0) is 11.3 Å². The fourth-order valence-electron chi connectivity index (χ4n) is 1.93. The van der Waals surface area contributed by atoms with Crippen molar-refractivity contribution in [1.82, 2.24) is 9.55 Å². The smallest absolute Gasteiger partial charge is 0.421 e. The van der Waals surface area contributed by atoms with Gasteiger partial charge in [0.2, 0.25) is 0 Å². The predicted molar refractivity (Wildman–Crippen MR) is 78.4 cm³/mol. The quantitative estimate of drug-likeness (QED) is 0.747. The Hall–Kier alpha value is -2.67. The SMILES string of the molecule is O=C(O)C=Cc1csc(Cn2c(=O)oc3cccnc32)c1. The van der Waals surface area contributed by atoms with Crippen LogP contribution in [0.1, 0.15) is 10.4 Å². The van der Waals surface area contributed by atoms with Gasteiger partial charge in [0.15, 0.2) is 11.2 Å². The molecule has 21 heavy (non-hydrogen) atoms. The molecular formula is C14H10N2O4S. The van der Waals surface area contributed by atoms with Crippen LogP contribution in [0, 0.1) is 0 Å². The van der Waals surface area contributed by atoms with Crippen LogP contribution < -0.4 is 5.76 Å². The molecule has 3 aromatic rings. The number of hydrogen-bond donors (Lipinski definition) is 1. The Bertz CT molecular complexity index is 888. The van der Waals surface area contributed by atoms with Crippen molar-refractivity contribution in [3.8, 4) is 0 Å². The average Bonchev–Trinajstić information content (AvgIpc) is 3.02. The van der Waals surface area contributed by atoms with E-state index in [2.05, 4.69) is 4.98 Å². The van der Waals surface area contributed by atoms with Crippen molar-refractivity contribution in [2.45, 2.75) is 6.54 Å². The molecule has 1 N–H and O–H groups in total. The molecule has 3 heterocycles. The standard InChI is InChI=1S/C14H10N2O4S/c17-12(18)4-3-9-6-10(21-8-9)7-16-13-11(20-14(16)19)2-1-5-15-13/h1-6,8H,7H2,(H,17,18). The minimum atomic E-state index is -0.996. The molecule has 0 aliphatic carbocycles. The van der Waals surface area contributed by atoms with Crippen molar-refractivity contribution in [2.24, 2.45) is 0 Å². The molecule has 0 spiro atoms. The maximum absolute atomic E-state index is 11.8. The van der Waals surface area contributed by atoms with E-state index in [0.717, 1.165) is 16.5 Å². The van der Waals surface area contributed by atoms with E-state index in [1.54, 1.807) is 18.3 Å². The fraction of sp³-hybridized carbons (Fsp3) is 0.0714. The molecule has 0 radical (unpaired) electrons. The lowest BCUT2D eigenvalue weighted by Gasteiger charge is -1.97. The second-order valence-corrected chi connectivity index (χ2v) is 5.29. The normalized spacial score (nSPS) is 11.4. The zero-order valence-corrected chi connectivity index (χ0v) is 11.5. The van der Waals surface area contributed by atoms with E-state index in [0.29, 0.717) is 17.8 Å². The second-order valence-electron chi connectivity index (χ2n) is 4.30. The summed E-state index contributed by atoms with van der Waals surface area (Å²) < 4.78 is 6.57. The van der Waals surface area contributed by atoms with E-state index in [1.807, 2.05) is 11.4 Å². The molecule has 7 heteroatoms. The molecule has 0 atom stereocenters. The van der Waals surface area contributed by atoms with Crippen LogP contribution in [0.5, 0.6) is 0 Å². The highest BCUT2D eigenvalue weighted by atomic mass is 32.1. The molecular weight excluding hydrogens is 292 g/mol. The molecule has 0 fully saturated rings. The number of nitrogens with zero attached hydrogens (tertiary/aromatic N) is 2. The molecule has 0 amide bonds. The number of pyridine rings is 1. The topological polar surface area (TPSA) is 85.3 Å². The van der Waals surface area contributed by atoms with Gasteiger partial charge in [-0.2, -0.15) is 0 Å². The van der Waals surface area contributed by atoms with Gasteiger partial charge in [0.1, 0.15) is 0 Å². The summed E-state index contributed by atoms with van der Waals surface area (Å²) in [4.78, 5) is 27.4. The first kappa shape index (κ1) is 13.3. The largest absolute Gasteiger partial charge is 0.478 e. The third-order valence-electron chi connectivity index (χ3n) is 2.83. The summed E-state index contributed by atoms with van der Waals surface area (Å²) >= 11 is 1.44. The first-order valence-electron chi connectivity index (χ1n) is 6.06. The predicted octanol–water partition coefficient (Wildman–Crippen LogP) is 2.20. The fourth-order valence-corrected chi connectivity index (χ4v) is 2.77. The van der Waals surface area contributed by atoms with Gasteiger partial charge in [-0.3, -0.25) is 4.57 Å². The molecule has 3 aromatic heterocycles. The minimum absolute atomic E-state index is 0.342. The third kappa shape index (κ3) is 2.77. The number of fused-ring (bicyclic) bond motifs is 1. The molecule has 6 nitrogen and oxygen atoms in total. The molecule has 0 saturated carbocycles. The van der Waals surface area contributed by atoms with Crippen molar-refractivity contribution in [2.75, 3.05) is 0 Å². The van der Waals surface area contributed by atoms with Crippen LogP contribution in [0.25, 0.3) is 17.3 Å². The van der Waals surface area contributed by atoms with Crippen LogP contribution >= 0.6 is 11.3 Å². The minimum Gasteiger partial charge on any atom is -0.478 e. The van der Waals surface area contributed by atoms with Gasteiger partial charge in [0.05, 0.1) is 6.54 Å². The second kappa shape index (κ2) is 5.37. The summed E-state index contributed by atoms with van der Waals surface area (Å²) in [5, 5.41) is 10.4. The van der Waals surface area contributed by atoms with Crippen molar-refractivity contribution < 1.29 is 14.3 Å². The number of aliphatic carboxylic acids is 1. The summed E-state index contributed by atoms with van der Waals surface area (Å²) in [6, 6.07) is 5.23. The molecule has 3 rings (SSSR count). The van der Waals surface area contributed by atoms with Gasteiger partial charge in [0.25, 0.3) is 0 Å².